The summed E-state index contributed by atoms with van der Waals surface area (Å²) in [7, 11) is -2.26. The number of carbonyl (C=O) groups is 1. The maximum absolute atomic E-state index is 12.8. The topological polar surface area (TPSA) is 84.9 Å². The van der Waals surface area contributed by atoms with Gasteiger partial charge in [-0.15, -0.1) is 0 Å². The van der Waals surface area contributed by atoms with E-state index in [1.54, 1.807) is 11.0 Å². The molecule has 1 saturated heterocycles. The number of rotatable bonds is 10. The Balaban J connectivity index is 1.60. The summed E-state index contributed by atoms with van der Waals surface area (Å²) < 4.78 is 39.2. The van der Waals surface area contributed by atoms with Gasteiger partial charge in [-0.05, 0) is 75.4 Å². The predicted octanol–water partition coefficient (Wildman–Crippen LogP) is 3.63. The Hall–Kier alpha value is -2.58. The van der Waals surface area contributed by atoms with Gasteiger partial charge >= 0.3 is 0 Å². The standard InChI is InChI=1S/C24H32N2O5S/c1-18(2)31-20-10-8-19(9-11-20)7-6-14-25-32(28,29)21-12-13-23(30-3)22(17-21)24(27)26-15-4-5-16-26/h8-13,17-18,25H,4-7,14-16H2,1-3H3. The summed E-state index contributed by atoms with van der Waals surface area (Å²) in [6.45, 7) is 5.62. The highest BCUT2D eigenvalue weighted by Gasteiger charge is 2.25. The molecule has 32 heavy (non-hydrogen) atoms. The lowest BCUT2D eigenvalue weighted by Gasteiger charge is -2.18. The van der Waals surface area contributed by atoms with Gasteiger partial charge in [0.2, 0.25) is 10.0 Å². The number of nitrogens with one attached hydrogen (secondary N) is 1. The second-order valence-corrected chi connectivity index (χ2v) is 9.94. The maximum atomic E-state index is 12.8. The van der Waals surface area contributed by atoms with Gasteiger partial charge in [-0.3, -0.25) is 4.79 Å². The minimum absolute atomic E-state index is 0.0658. The van der Waals surface area contributed by atoms with Crippen LogP contribution in [0.4, 0.5) is 0 Å². The predicted molar refractivity (Wildman–Crippen MR) is 124 cm³/mol. The molecule has 0 unspecified atom stereocenters. The zero-order valence-corrected chi connectivity index (χ0v) is 19.8. The third kappa shape index (κ3) is 6.23. The van der Waals surface area contributed by atoms with Gasteiger partial charge in [0.25, 0.3) is 5.91 Å². The molecule has 1 N–H and O–H groups in total. The normalized spacial score (nSPS) is 14.1. The van der Waals surface area contributed by atoms with E-state index in [0.717, 1.165) is 30.6 Å². The fourth-order valence-corrected chi connectivity index (χ4v) is 4.80. The zero-order chi connectivity index (χ0) is 23.1. The van der Waals surface area contributed by atoms with E-state index < -0.39 is 10.0 Å². The zero-order valence-electron chi connectivity index (χ0n) is 19.0. The van der Waals surface area contributed by atoms with Crippen LogP contribution in [0.25, 0.3) is 0 Å². The van der Waals surface area contributed by atoms with Crippen molar-refractivity contribution in [2.24, 2.45) is 0 Å². The first-order chi connectivity index (χ1) is 15.3. The summed E-state index contributed by atoms with van der Waals surface area (Å²) in [6.07, 6.45) is 3.44. The number of nitrogens with zero attached hydrogens (tertiary/aromatic N) is 1. The maximum Gasteiger partial charge on any atom is 0.257 e. The first kappa shape index (κ1) is 24.1. The Bertz CT molecular complexity index is 1010. The molecule has 2 aromatic carbocycles. The minimum atomic E-state index is -3.74. The van der Waals surface area contributed by atoms with Gasteiger partial charge in [-0.25, -0.2) is 13.1 Å². The van der Waals surface area contributed by atoms with Crippen molar-refractivity contribution in [2.75, 3.05) is 26.7 Å². The molecule has 0 saturated carbocycles. The van der Waals surface area contributed by atoms with Gasteiger partial charge in [-0.2, -0.15) is 0 Å². The van der Waals surface area contributed by atoms with Crippen LogP contribution in [0.15, 0.2) is 47.4 Å². The lowest BCUT2D eigenvalue weighted by atomic mass is 10.1. The Morgan fingerprint density at radius 2 is 1.78 bits per heavy atom. The SMILES string of the molecule is COc1ccc(S(=O)(=O)NCCCc2ccc(OC(C)C)cc2)cc1C(=O)N1CCCC1. The van der Waals surface area contributed by atoms with Gasteiger partial charge in [0.15, 0.2) is 0 Å². The van der Waals surface area contributed by atoms with Gasteiger partial charge in [-0.1, -0.05) is 12.1 Å². The Kier molecular flexibility index (Phi) is 8.15. The first-order valence-corrected chi connectivity index (χ1v) is 12.5. The highest BCUT2D eigenvalue weighted by molar-refractivity contribution is 7.89. The number of amides is 1. The highest BCUT2D eigenvalue weighted by atomic mass is 32.2. The van der Waals surface area contributed by atoms with E-state index in [1.165, 1.54) is 19.2 Å². The quantitative estimate of drug-likeness (QED) is 0.548. The van der Waals surface area contributed by atoms with Crippen LogP contribution >= 0.6 is 0 Å². The van der Waals surface area contributed by atoms with Crippen LogP contribution in [-0.2, 0) is 16.4 Å². The fourth-order valence-electron chi connectivity index (χ4n) is 3.70. The van der Waals surface area contributed by atoms with E-state index in [4.69, 9.17) is 9.47 Å². The molecular formula is C24H32N2O5S. The molecule has 0 atom stereocenters. The first-order valence-electron chi connectivity index (χ1n) is 11.0. The number of hydrogen-bond donors (Lipinski definition) is 1. The van der Waals surface area contributed by atoms with E-state index >= 15 is 0 Å². The van der Waals surface area contributed by atoms with Crippen molar-refractivity contribution < 1.29 is 22.7 Å². The Morgan fingerprint density at radius 3 is 2.41 bits per heavy atom. The molecule has 1 amide bonds. The third-order valence-corrected chi connectivity index (χ3v) is 6.79. The van der Waals surface area contributed by atoms with E-state index in [-0.39, 0.29) is 22.5 Å². The molecule has 0 radical (unpaired) electrons. The second kappa shape index (κ2) is 10.8. The third-order valence-electron chi connectivity index (χ3n) is 5.33. The summed E-state index contributed by atoms with van der Waals surface area (Å²) in [5.74, 6) is 1.01. The number of ether oxygens (including phenoxy) is 2. The van der Waals surface area contributed by atoms with Crippen molar-refractivity contribution in [3.8, 4) is 11.5 Å². The van der Waals surface area contributed by atoms with Gasteiger partial charge in [0.1, 0.15) is 11.5 Å². The molecule has 174 valence electrons. The molecule has 1 aliphatic heterocycles. The number of aryl methyl sites for hydroxylation is 1. The molecule has 8 heteroatoms. The van der Waals surface area contributed by atoms with Crippen molar-refractivity contribution in [1.82, 2.24) is 9.62 Å². The number of sulfonamides is 1. The highest BCUT2D eigenvalue weighted by Crippen LogP contribution is 2.25. The number of hydrogen-bond acceptors (Lipinski definition) is 5. The van der Waals surface area contributed by atoms with Crippen LogP contribution in [0.2, 0.25) is 0 Å². The van der Waals surface area contributed by atoms with E-state index in [9.17, 15) is 13.2 Å². The smallest absolute Gasteiger partial charge is 0.257 e. The van der Waals surface area contributed by atoms with Crippen molar-refractivity contribution in [2.45, 2.75) is 50.5 Å². The molecule has 1 fully saturated rings. The van der Waals surface area contributed by atoms with Crippen LogP contribution in [0.1, 0.15) is 49.0 Å². The lowest BCUT2D eigenvalue weighted by Crippen LogP contribution is -2.29. The number of benzene rings is 2. The van der Waals surface area contributed by atoms with Crippen molar-refractivity contribution in [1.29, 1.82) is 0 Å². The molecular weight excluding hydrogens is 428 g/mol. The average Bonchev–Trinajstić information content (AvgIpc) is 3.31. The minimum Gasteiger partial charge on any atom is -0.496 e. The van der Waals surface area contributed by atoms with Gasteiger partial charge < -0.3 is 14.4 Å². The monoisotopic (exact) mass is 460 g/mol. The van der Waals surface area contributed by atoms with Gasteiger partial charge in [0.05, 0.1) is 23.7 Å². The van der Waals surface area contributed by atoms with Crippen LogP contribution in [-0.4, -0.2) is 52.1 Å². The van der Waals surface area contributed by atoms with Crippen LogP contribution in [0, 0.1) is 0 Å². The second-order valence-electron chi connectivity index (χ2n) is 8.17. The lowest BCUT2D eigenvalue weighted by molar-refractivity contribution is 0.0789. The summed E-state index contributed by atoms with van der Waals surface area (Å²) in [5.41, 5.74) is 1.39. The fraction of sp³-hybridized carbons (Fsp3) is 0.458. The number of carbonyl (C=O) groups excluding carboxylic acids is 1. The molecule has 1 heterocycles. The van der Waals surface area contributed by atoms with Crippen molar-refractivity contribution >= 4 is 15.9 Å². The molecule has 0 bridgehead atoms. The molecule has 0 aromatic heterocycles. The summed E-state index contributed by atoms with van der Waals surface area (Å²) >= 11 is 0. The molecule has 2 aromatic rings. The molecule has 7 nitrogen and oxygen atoms in total. The number of methoxy groups -OCH3 is 1. The Labute approximate surface area is 190 Å². The molecule has 0 spiro atoms. The molecule has 1 aliphatic rings. The average molecular weight is 461 g/mol. The van der Waals surface area contributed by atoms with Crippen LogP contribution in [0.5, 0.6) is 11.5 Å². The van der Waals surface area contributed by atoms with E-state index in [0.29, 0.717) is 31.8 Å². The Morgan fingerprint density at radius 1 is 1.09 bits per heavy atom. The van der Waals surface area contributed by atoms with Crippen molar-refractivity contribution in [3.05, 3.63) is 53.6 Å². The summed E-state index contributed by atoms with van der Waals surface area (Å²) in [5, 5.41) is 0. The van der Waals surface area contributed by atoms with Crippen LogP contribution in [0.3, 0.4) is 0 Å². The largest absolute Gasteiger partial charge is 0.496 e. The summed E-state index contributed by atoms with van der Waals surface area (Å²) in [6, 6.07) is 12.3. The molecule has 0 aliphatic carbocycles. The van der Waals surface area contributed by atoms with E-state index in [2.05, 4.69) is 4.72 Å². The van der Waals surface area contributed by atoms with Crippen LogP contribution < -0.4 is 14.2 Å². The van der Waals surface area contributed by atoms with Gasteiger partial charge in [0, 0.05) is 19.6 Å². The number of likely N-dealkylation sites (tertiary alicyclic amines) is 1. The summed E-state index contributed by atoms with van der Waals surface area (Å²) in [4.78, 5) is 14.6. The van der Waals surface area contributed by atoms with Crippen molar-refractivity contribution in [3.63, 3.8) is 0 Å². The van der Waals surface area contributed by atoms with E-state index in [1.807, 2.05) is 38.1 Å². The molecule has 3 rings (SSSR count).